The summed E-state index contributed by atoms with van der Waals surface area (Å²) in [4.78, 5) is 14.8. The number of aromatic amines is 1. The zero-order valence-electron chi connectivity index (χ0n) is 14.8. The molecule has 0 fully saturated rings. The van der Waals surface area contributed by atoms with Crippen molar-refractivity contribution in [3.8, 4) is 17.2 Å². The van der Waals surface area contributed by atoms with E-state index in [-0.39, 0.29) is 23.6 Å². The summed E-state index contributed by atoms with van der Waals surface area (Å²) >= 11 is 0. The second kappa shape index (κ2) is 8.13. The fraction of sp³-hybridized carbons (Fsp3) is 0.375. The van der Waals surface area contributed by atoms with Crippen LogP contribution in [0.1, 0.15) is 25.1 Å². The number of H-pyrrole nitrogens is 1. The highest BCUT2D eigenvalue weighted by molar-refractivity contribution is 5.79. The van der Waals surface area contributed by atoms with Crippen molar-refractivity contribution in [2.75, 3.05) is 26.8 Å². The monoisotopic (exact) mass is 347 g/mol. The minimum Gasteiger partial charge on any atom is -0.493 e. The van der Waals surface area contributed by atoms with E-state index in [9.17, 15) is 4.79 Å². The lowest BCUT2D eigenvalue weighted by Crippen LogP contribution is -2.19. The third kappa shape index (κ3) is 4.46. The highest BCUT2D eigenvalue weighted by Crippen LogP contribution is 2.38. The zero-order chi connectivity index (χ0) is 18.4. The predicted molar refractivity (Wildman–Crippen MR) is 94.0 cm³/mol. The first kappa shape index (κ1) is 18.2. The van der Waals surface area contributed by atoms with Crippen molar-refractivity contribution in [1.29, 1.82) is 0 Å². The highest BCUT2D eigenvalue weighted by atomic mass is 16.5. The molecule has 1 aromatic heterocycles. The van der Waals surface area contributed by atoms with Crippen molar-refractivity contribution in [2.45, 2.75) is 20.3 Å². The number of ether oxygens (including phenoxy) is 3. The van der Waals surface area contributed by atoms with Gasteiger partial charge in [-0.05, 0) is 31.5 Å². The lowest BCUT2D eigenvalue weighted by atomic mass is 10.1. The Hall–Kier alpha value is -3.10. The number of nitrogens with zero attached hydrogens (tertiary/aromatic N) is 3. The van der Waals surface area contributed by atoms with Crippen LogP contribution < -0.4 is 25.2 Å². The molecule has 0 aliphatic heterocycles. The summed E-state index contributed by atoms with van der Waals surface area (Å²) in [5.74, 6) is 1.68. The molecule has 0 saturated heterocycles. The van der Waals surface area contributed by atoms with E-state index in [1.807, 2.05) is 13.8 Å². The molecule has 2 N–H and O–H groups in total. The minimum absolute atomic E-state index is 0.180. The molecule has 0 unspecified atom stereocenters. The van der Waals surface area contributed by atoms with Gasteiger partial charge >= 0.3 is 0 Å². The maximum Gasteiger partial charge on any atom is 0.274 e. The summed E-state index contributed by atoms with van der Waals surface area (Å²) in [5, 5.41) is 11.8. The Labute approximate surface area is 145 Å². The van der Waals surface area contributed by atoms with Gasteiger partial charge in [-0.1, -0.05) is 0 Å². The van der Waals surface area contributed by atoms with Crippen LogP contribution in [-0.4, -0.2) is 42.2 Å². The van der Waals surface area contributed by atoms with Gasteiger partial charge in [0.1, 0.15) is 5.69 Å². The molecule has 0 atom stereocenters. The van der Waals surface area contributed by atoms with Crippen LogP contribution in [-0.2, 0) is 6.42 Å². The first-order valence-electron chi connectivity index (χ1n) is 7.50. The van der Waals surface area contributed by atoms with Crippen molar-refractivity contribution in [1.82, 2.24) is 15.2 Å². The van der Waals surface area contributed by atoms with Crippen LogP contribution in [0.5, 0.6) is 17.2 Å². The van der Waals surface area contributed by atoms with Gasteiger partial charge in [0.25, 0.3) is 5.56 Å². The molecule has 1 aromatic carbocycles. The van der Waals surface area contributed by atoms with Gasteiger partial charge < -0.3 is 14.2 Å². The fourth-order valence-corrected chi connectivity index (χ4v) is 2.12. The average molecular weight is 347 g/mol. The number of methoxy groups -OCH3 is 3. The summed E-state index contributed by atoms with van der Waals surface area (Å²) in [6.45, 7) is 3.63. The van der Waals surface area contributed by atoms with Gasteiger partial charge in [0.15, 0.2) is 11.5 Å². The second-order valence-corrected chi connectivity index (χ2v) is 5.33. The lowest BCUT2D eigenvalue weighted by Gasteiger charge is -2.13. The van der Waals surface area contributed by atoms with Gasteiger partial charge in [0, 0.05) is 12.1 Å². The Kier molecular flexibility index (Phi) is 5.93. The van der Waals surface area contributed by atoms with Gasteiger partial charge in [0.2, 0.25) is 11.7 Å². The molecule has 0 spiro atoms. The van der Waals surface area contributed by atoms with Crippen LogP contribution in [0.3, 0.4) is 0 Å². The summed E-state index contributed by atoms with van der Waals surface area (Å²) < 4.78 is 15.9. The van der Waals surface area contributed by atoms with Crippen LogP contribution in [0.15, 0.2) is 22.0 Å². The van der Waals surface area contributed by atoms with Crippen molar-refractivity contribution >= 4 is 11.7 Å². The molecule has 2 aromatic rings. The topological polar surface area (TPSA) is 111 Å². The Balaban J connectivity index is 2.30. The van der Waals surface area contributed by atoms with Gasteiger partial charge in [-0.3, -0.25) is 9.78 Å². The minimum atomic E-state index is -0.352. The van der Waals surface area contributed by atoms with Gasteiger partial charge in [-0.2, -0.15) is 5.10 Å². The number of benzene rings is 1. The molecule has 0 aliphatic carbocycles. The SMILES string of the molecule is COc1cc(Cc2nnc(NN=C(C)C)[nH]c2=O)cc(OC)c1OC. The molecule has 0 amide bonds. The van der Waals surface area contributed by atoms with Gasteiger partial charge in [0.05, 0.1) is 21.3 Å². The zero-order valence-corrected chi connectivity index (χ0v) is 14.8. The predicted octanol–water partition coefficient (Wildman–Crippen LogP) is 1.59. The molecular formula is C16H21N5O4. The highest BCUT2D eigenvalue weighted by Gasteiger charge is 2.15. The first-order chi connectivity index (χ1) is 12.0. The van der Waals surface area contributed by atoms with E-state index in [0.29, 0.717) is 17.2 Å². The Morgan fingerprint density at radius 1 is 1.12 bits per heavy atom. The molecule has 0 aliphatic rings. The Morgan fingerprint density at radius 2 is 1.76 bits per heavy atom. The molecule has 9 heteroatoms. The molecule has 0 radical (unpaired) electrons. The quantitative estimate of drug-likeness (QED) is 0.578. The van der Waals surface area contributed by atoms with Crippen LogP contribution in [0.25, 0.3) is 0 Å². The van der Waals surface area contributed by atoms with E-state index in [2.05, 4.69) is 25.7 Å². The normalized spacial score (nSPS) is 10.1. The maximum atomic E-state index is 12.2. The summed E-state index contributed by atoms with van der Waals surface area (Å²) in [6.07, 6.45) is 0.259. The smallest absolute Gasteiger partial charge is 0.274 e. The van der Waals surface area contributed by atoms with Crippen molar-refractivity contribution in [3.63, 3.8) is 0 Å². The number of hydrazone groups is 1. The molecule has 0 bridgehead atoms. The van der Waals surface area contributed by atoms with Crippen LogP contribution >= 0.6 is 0 Å². The molecule has 25 heavy (non-hydrogen) atoms. The van der Waals surface area contributed by atoms with Gasteiger partial charge in [-0.15, -0.1) is 10.2 Å². The third-order valence-electron chi connectivity index (χ3n) is 3.25. The Morgan fingerprint density at radius 3 is 2.24 bits per heavy atom. The number of aromatic nitrogens is 3. The number of anilines is 1. The fourth-order valence-electron chi connectivity index (χ4n) is 2.12. The molecule has 134 valence electrons. The third-order valence-corrected chi connectivity index (χ3v) is 3.25. The number of nitrogens with one attached hydrogen (secondary N) is 2. The molecular weight excluding hydrogens is 326 g/mol. The summed E-state index contributed by atoms with van der Waals surface area (Å²) in [7, 11) is 4.59. The summed E-state index contributed by atoms with van der Waals surface area (Å²) in [5.41, 5.74) is 4.11. The molecule has 1 heterocycles. The molecule has 0 saturated carbocycles. The first-order valence-corrected chi connectivity index (χ1v) is 7.50. The maximum absolute atomic E-state index is 12.2. The lowest BCUT2D eigenvalue weighted by molar-refractivity contribution is 0.324. The van der Waals surface area contributed by atoms with E-state index in [4.69, 9.17) is 14.2 Å². The van der Waals surface area contributed by atoms with Crippen molar-refractivity contribution in [2.24, 2.45) is 5.10 Å². The standard InChI is InChI=1S/C16H21N5O4/c1-9(2)18-20-16-17-15(22)11(19-21-16)6-10-7-12(23-3)14(25-5)13(8-10)24-4/h7-8H,6H2,1-5H3,(H2,17,20,21,22). The van der Waals surface area contributed by atoms with Crippen molar-refractivity contribution < 1.29 is 14.2 Å². The van der Waals surface area contributed by atoms with E-state index in [1.165, 1.54) is 21.3 Å². The van der Waals surface area contributed by atoms with Gasteiger partial charge in [-0.25, -0.2) is 5.43 Å². The Bertz CT molecular complexity index is 803. The van der Waals surface area contributed by atoms with Crippen LogP contribution in [0.4, 0.5) is 5.95 Å². The number of hydrogen-bond acceptors (Lipinski definition) is 8. The molecule has 2 rings (SSSR count). The van der Waals surface area contributed by atoms with Crippen molar-refractivity contribution in [3.05, 3.63) is 33.7 Å². The van der Waals surface area contributed by atoms with Crippen LogP contribution in [0, 0.1) is 0 Å². The molecule has 9 nitrogen and oxygen atoms in total. The average Bonchev–Trinajstić information content (AvgIpc) is 2.60. The van der Waals surface area contributed by atoms with E-state index < -0.39 is 0 Å². The summed E-state index contributed by atoms with van der Waals surface area (Å²) in [6, 6.07) is 3.53. The number of rotatable bonds is 7. The largest absolute Gasteiger partial charge is 0.493 e. The van der Waals surface area contributed by atoms with E-state index in [0.717, 1.165) is 11.3 Å². The number of hydrogen-bond donors (Lipinski definition) is 2. The second-order valence-electron chi connectivity index (χ2n) is 5.33. The van der Waals surface area contributed by atoms with E-state index >= 15 is 0 Å². The van der Waals surface area contributed by atoms with Crippen LogP contribution in [0.2, 0.25) is 0 Å². The van der Waals surface area contributed by atoms with E-state index in [1.54, 1.807) is 12.1 Å².